The molecule has 0 aliphatic carbocycles. The van der Waals surface area contributed by atoms with Gasteiger partial charge in [-0.3, -0.25) is 10.1 Å². The Balaban J connectivity index is 3.08. The zero-order valence-corrected chi connectivity index (χ0v) is 12.6. The molecule has 0 aliphatic heterocycles. The van der Waals surface area contributed by atoms with Gasteiger partial charge in [0.1, 0.15) is 0 Å². The lowest BCUT2D eigenvalue weighted by molar-refractivity contribution is -0.385. The molecular weight excluding hydrogens is 264 g/mol. The Morgan fingerprint density at radius 1 is 1.37 bits per heavy atom. The number of nitrogens with zero attached hydrogens (tertiary/aromatic N) is 1. The summed E-state index contributed by atoms with van der Waals surface area (Å²) in [5.74, 6) is 0.753. The van der Waals surface area contributed by atoms with E-state index in [-0.39, 0.29) is 10.6 Å². The second-order valence-corrected chi connectivity index (χ2v) is 5.66. The lowest BCUT2D eigenvalue weighted by atomic mass is 9.83. The van der Waals surface area contributed by atoms with Crippen LogP contribution in [0.5, 0.6) is 0 Å². The molecule has 19 heavy (non-hydrogen) atoms. The van der Waals surface area contributed by atoms with Gasteiger partial charge in [-0.25, -0.2) is 0 Å². The van der Waals surface area contributed by atoms with E-state index in [1.54, 1.807) is 12.1 Å². The van der Waals surface area contributed by atoms with E-state index < -0.39 is 0 Å². The van der Waals surface area contributed by atoms with Crippen molar-refractivity contribution in [3.8, 4) is 0 Å². The van der Waals surface area contributed by atoms with Gasteiger partial charge >= 0.3 is 0 Å². The third-order valence-electron chi connectivity index (χ3n) is 3.65. The molecule has 4 nitrogen and oxygen atoms in total. The lowest BCUT2D eigenvalue weighted by Crippen LogP contribution is -2.35. The fourth-order valence-corrected chi connectivity index (χ4v) is 2.55. The third-order valence-corrected chi connectivity index (χ3v) is 3.88. The van der Waals surface area contributed by atoms with Crippen LogP contribution in [0.25, 0.3) is 0 Å². The number of benzene rings is 1. The van der Waals surface area contributed by atoms with Crippen LogP contribution in [0, 0.1) is 22.0 Å². The van der Waals surface area contributed by atoms with Crippen molar-refractivity contribution in [3.63, 3.8) is 0 Å². The fourth-order valence-electron chi connectivity index (χ4n) is 2.35. The van der Waals surface area contributed by atoms with Gasteiger partial charge in [0.05, 0.1) is 4.92 Å². The predicted octanol–water partition coefficient (Wildman–Crippen LogP) is 3.67. The monoisotopic (exact) mass is 284 g/mol. The Bertz CT molecular complexity index is 449. The molecule has 0 heterocycles. The number of nitrogens with one attached hydrogen (secondary N) is 1. The van der Waals surface area contributed by atoms with Gasteiger partial charge < -0.3 is 5.32 Å². The molecule has 0 aromatic heterocycles. The normalized spacial score (nSPS) is 14.4. The predicted molar refractivity (Wildman–Crippen MR) is 78.7 cm³/mol. The van der Waals surface area contributed by atoms with Gasteiger partial charge in [0.2, 0.25) is 0 Å². The van der Waals surface area contributed by atoms with Gasteiger partial charge in [-0.1, -0.05) is 25.4 Å². The van der Waals surface area contributed by atoms with E-state index in [1.807, 2.05) is 7.05 Å². The van der Waals surface area contributed by atoms with Crippen molar-refractivity contribution in [3.05, 3.63) is 38.9 Å². The van der Waals surface area contributed by atoms with Crippen molar-refractivity contribution in [2.24, 2.45) is 11.8 Å². The molecule has 1 N–H and O–H groups in total. The number of hydrogen-bond donors (Lipinski definition) is 1. The maximum Gasteiger partial charge on any atom is 0.272 e. The number of rotatable bonds is 6. The van der Waals surface area contributed by atoms with Crippen LogP contribution in [-0.2, 0) is 6.42 Å². The van der Waals surface area contributed by atoms with Crippen LogP contribution in [0.15, 0.2) is 18.2 Å². The van der Waals surface area contributed by atoms with Gasteiger partial charge in [0.15, 0.2) is 0 Å². The minimum atomic E-state index is -0.340. The SMILES string of the molecule is CNC(C)C(Cc1cc(Cl)ccc1[N+](=O)[O-])C(C)C. The summed E-state index contributed by atoms with van der Waals surface area (Å²) in [5, 5.41) is 14.8. The zero-order valence-electron chi connectivity index (χ0n) is 11.8. The molecule has 1 aromatic rings. The molecule has 0 aliphatic rings. The molecule has 2 unspecified atom stereocenters. The van der Waals surface area contributed by atoms with Gasteiger partial charge in [0, 0.05) is 22.7 Å². The molecule has 0 amide bonds. The highest BCUT2D eigenvalue weighted by Crippen LogP contribution is 2.28. The van der Waals surface area contributed by atoms with Gasteiger partial charge in [0.25, 0.3) is 5.69 Å². The van der Waals surface area contributed by atoms with Crippen molar-refractivity contribution in [2.45, 2.75) is 33.2 Å². The Hall–Kier alpha value is -1.13. The number of nitro groups is 1. The first-order chi connectivity index (χ1) is 8.86. The van der Waals surface area contributed by atoms with E-state index >= 15 is 0 Å². The first-order valence-corrected chi connectivity index (χ1v) is 6.84. The van der Waals surface area contributed by atoms with E-state index in [0.717, 1.165) is 0 Å². The summed E-state index contributed by atoms with van der Waals surface area (Å²) in [6.45, 7) is 6.37. The van der Waals surface area contributed by atoms with Crippen LogP contribution in [0.1, 0.15) is 26.3 Å². The number of nitro benzene ring substituents is 1. The van der Waals surface area contributed by atoms with Crippen molar-refractivity contribution >= 4 is 17.3 Å². The average molecular weight is 285 g/mol. The van der Waals surface area contributed by atoms with Crippen LogP contribution in [0.3, 0.4) is 0 Å². The molecule has 0 fully saturated rings. The molecule has 0 saturated heterocycles. The van der Waals surface area contributed by atoms with Gasteiger partial charge in [-0.15, -0.1) is 0 Å². The molecule has 106 valence electrons. The lowest BCUT2D eigenvalue weighted by Gasteiger charge is -2.27. The second-order valence-electron chi connectivity index (χ2n) is 5.22. The highest BCUT2D eigenvalue weighted by Gasteiger charge is 2.24. The van der Waals surface area contributed by atoms with Crippen molar-refractivity contribution in [2.75, 3.05) is 7.05 Å². The first-order valence-electron chi connectivity index (χ1n) is 6.46. The molecule has 0 bridgehead atoms. The summed E-state index contributed by atoms with van der Waals surface area (Å²) in [7, 11) is 1.91. The Morgan fingerprint density at radius 3 is 2.47 bits per heavy atom. The molecule has 1 aromatic carbocycles. The minimum Gasteiger partial charge on any atom is -0.317 e. The highest BCUT2D eigenvalue weighted by atomic mass is 35.5. The molecule has 5 heteroatoms. The minimum absolute atomic E-state index is 0.151. The highest BCUT2D eigenvalue weighted by molar-refractivity contribution is 6.30. The molecule has 1 rings (SSSR count). The van der Waals surface area contributed by atoms with Crippen molar-refractivity contribution < 1.29 is 4.92 Å². The summed E-state index contributed by atoms with van der Waals surface area (Å²) in [6, 6.07) is 5.05. The number of hydrogen-bond acceptors (Lipinski definition) is 3. The van der Waals surface area contributed by atoms with Crippen molar-refractivity contribution in [1.29, 1.82) is 0 Å². The fraction of sp³-hybridized carbons (Fsp3) is 0.571. The maximum absolute atomic E-state index is 11.1. The van der Waals surface area contributed by atoms with E-state index in [9.17, 15) is 10.1 Å². The summed E-state index contributed by atoms with van der Waals surface area (Å²) in [4.78, 5) is 10.7. The standard InChI is InChI=1S/C14H21ClN2O2/c1-9(2)13(10(3)16-4)8-11-7-12(15)5-6-14(11)17(18)19/h5-7,9-10,13,16H,8H2,1-4H3. The van der Waals surface area contributed by atoms with E-state index in [4.69, 9.17) is 11.6 Å². The molecule has 0 radical (unpaired) electrons. The van der Waals surface area contributed by atoms with Crippen LogP contribution in [-0.4, -0.2) is 18.0 Å². The Kier molecular flexibility index (Phi) is 5.76. The zero-order chi connectivity index (χ0) is 14.6. The molecular formula is C14H21ClN2O2. The first kappa shape index (κ1) is 15.9. The summed E-state index contributed by atoms with van der Waals surface area (Å²) in [5.41, 5.74) is 0.858. The van der Waals surface area contributed by atoms with Crippen LogP contribution >= 0.6 is 11.6 Å². The number of halogens is 1. The average Bonchev–Trinajstić information content (AvgIpc) is 2.34. The second kappa shape index (κ2) is 6.87. The molecule has 2 atom stereocenters. The smallest absolute Gasteiger partial charge is 0.272 e. The van der Waals surface area contributed by atoms with E-state index in [2.05, 4.69) is 26.1 Å². The van der Waals surface area contributed by atoms with E-state index in [1.165, 1.54) is 6.07 Å². The topological polar surface area (TPSA) is 55.2 Å². The van der Waals surface area contributed by atoms with Crippen LogP contribution in [0.2, 0.25) is 5.02 Å². The van der Waals surface area contributed by atoms with Crippen molar-refractivity contribution in [1.82, 2.24) is 5.32 Å². The quantitative estimate of drug-likeness (QED) is 0.640. The molecule has 0 saturated carbocycles. The van der Waals surface area contributed by atoms with Gasteiger partial charge in [-0.2, -0.15) is 0 Å². The van der Waals surface area contributed by atoms with Crippen LogP contribution in [0.4, 0.5) is 5.69 Å². The maximum atomic E-state index is 11.1. The van der Waals surface area contributed by atoms with Crippen LogP contribution < -0.4 is 5.32 Å². The molecule has 0 spiro atoms. The Labute approximate surface area is 119 Å². The van der Waals surface area contributed by atoms with Gasteiger partial charge in [-0.05, 0) is 44.4 Å². The third kappa shape index (κ3) is 4.18. The van der Waals surface area contributed by atoms with E-state index in [0.29, 0.717) is 34.9 Å². The summed E-state index contributed by atoms with van der Waals surface area (Å²) in [6.07, 6.45) is 0.649. The Morgan fingerprint density at radius 2 is 2.00 bits per heavy atom. The summed E-state index contributed by atoms with van der Waals surface area (Å²) < 4.78 is 0. The summed E-state index contributed by atoms with van der Waals surface area (Å²) >= 11 is 5.96. The largest absolute Gasteiger partial charge is 0.317 e.